The van der Waals surface area contributed by atoms with Gasteiger partial charge in [0, 0.05) is 12.4 Å². The van der Waals surface area contributed by atoms with Crippen LogP contribution >= 0.6 is 11.8 Å². The summed E-state index contributed by atoms with van der Waals surface area (Å²) >= 11 is 0.924. The van der Waals surface area contributed by atoms with E-state index in [2.05, 4.69) is 10.3 Å². The number of nitrogens with one attached hydrogen (secondary N) is 1. The number of aryl methyl sites for hydroxylation is 1. The number of carbonyl (C=O) groups is 1. The van der Waals surface area contributed by atoms with Crippen LogP contribution in [0.1, 0.15) is 5.56 Å². The van der Waals surface area contributed by atoms with Gasteiger partial charge >= 0.3 is 0 Å². The second kappa shape index (κ2) is 8.13. The molecule has 3 aromatic rings. The Labute approximate surface area is 158 Å². The van der Waals surface area contributed by atoms with Crippen molar-refractivity contribution in [1.82, 2.24) is 9.55 Å². The monoisotopic (exact) mass is 387 g/mol. The van der Waals surface area contributed by atoms with Gasteiger partial charge in [-0.3, -0.25) is 14.2 Å². The van der Waals surface area contributed by atoms with Crippen molar-refractivity contribution in [3.63, 3.8) is 0 Å². The van der Waals surface area contributed by atoms with Crippen LogP contribution < -0.4 is 10.9 Å². The standard InChI is InChI=1S/C19H15F2N3O2S/c1-12-6-7-13(10-15(12)21)24-9-8-22-18(19(24)26)27-11-17(25)23-16-5-3-2-4-14(16)20/h2-10H,11H2,1H3,(H,23,25). The third kappa shape index (κ3) is 4.40. The molecule has 0 atom stereocenters. The maximum atomic E-state index is 13.8. The number of thioether (sulfide) groups is 1. The molecule has 0 radical (unpaired) electrons. The van der Waals surface area contributed by atoms with Gasteiger partial charge in [-0.15, -0.1) is 0 Å². The van der Waals surface area contributed by atoms with Crippen LogP contribution in [0.3, 0.4) is 0 Å². The third-order valence-corrected chi connectivity index (χ3v) is 4.69. The van der Waals surface area contributed by atoms with Gasteiger partial charge in [0.05, 0.1) is 17.1 Å². The molecule has 1 amide bonds. The second-order valence-corrected chi connectivity index (χ2v) is 6.62. The molecule has 0 aliphatic carbocycles. The zero-order valence-corrected chi connectivity index (χ0v) is 15.1. The van der Waals surface area contributed by atoms with E-state index in [0.29, 0.717) is 11.3 Å². The fourth-order valence-electron chi connectivity index (χ4n) is 2.31. The number of hydrogen-bond acceptors (Lipinski definition) is 4. The largest absolute Gasteiger partial charge is 0.323 e. The van der Waals surface area contributed by atoms with Crippen LogP contribution in [0.4, 0.5) is 14.5 Å². The van der Waals surface area contributed by atoms with E-state index in [4.69, 9.17) is 0 Å². The summed E-state index contributed by atoms with van der Waals surface area (Å²) in [4.78, 5) is 28.5. The molecule has 3 rings (SSSR count). The van der Waals surface area contributed by atoms with E-state index in [9.17, 15) is 18.4 Å². The molecule has 138 valence electrons. The molecule has 27 heavy (non-hydrogen) atoms. The highest BCUT2D eigenvalue weighted by Gasteiger charge is 2.12. The molecule has 5 nitrogen and oxygen atoms in total. The maximum Gasteiger partial charge on any atom is 0.287 e. The number of halogens is 2. The Morgan fingerprint density at radius 2 is 1.96 bits per heavy atom. The van der Waals surface area contributed by atoms with E-state index >= 15 is 0 Å². The highest BCUT2D eigenvalue weighted by atomic mass is 32.2. The molecule has 8 heteroatoms. The van der Waals surface area contributed by atoms with Gasteiger partial charge in [0.25, 0.3) is 5.56 Å². The van der Waals surface area contributed by atoms with E-state index in [-0.39, 0.29) is 16.5 Å². The van der Waals surface area contributed by atoms with Gasteiger partial charge in [0.2, 0.25) is 5.91 Å². The zero-order chi connectivity index (χ0) is 19.4. The molecular weight excluding hydrogens is 372 g/mol. The highest BCUT2D eigenvalue weighted by Crippen LogP contribution is 2.16. The fourth-order valence-corrected chi connectivity index (χ4v) is 3.01. The molecule has 0 fully saturated rings. The quantitative estimate of drug-likeness (QED) is 0.680. The first-order valence-electron chi connectivity index (χ1n) is 7.97. The first-order valence-corrected chi connectivity index (χ1v) is 8.95. The molecule has 0 unspecified atom stereocenters. The average Bonchev–Trinajstić information content (AvgIpc) is 2.65. The lowest BCUT2D eigenvalue weighted by Gasteiger charge is -2.09. The van der Waals surface area contributed by atoms with Gasteiger partial charge in [-0.05, 0) is 36.8 Å². The minimum absolute atomic E-state index is 0.0664. The predicted octanol–water partition coefficient (Wildman–Crippen LogP) is 3.55. The van der Waals surface area contributed by atoms with Crippen LogP contribution in [0.25, 0.3) is 5.69 Å². The lowest BCUT2D eigenvalue weighted by atomic mass is 10.2. The predicted molar refractivity (Wildman–Crippen MR) is 100 cm³/mol. The topological polar surface area (TPSA) is 64.0 Å². The number of carbonyl (C=O) groups excluding carboxylic acids is 1. The summed E-state index contributed by atoms with van der Waals surface area (Å²) in [6, 6.07) is 10.3. The maximum absolute atomic E-state index is 13.8. The molecule has 0 aliphatic rings. The summed E-state index contributed by atoms with van der Waals surface area (Å²) in [7, 11) is 0. The Morgan fingerprint density at radius 1 is 1.19 bits per heavy atom. The Kier molecular flexibility index (Phi) is 5.66. The molecule has 0 saturated heterocycles. The summed E-state index contributed by atoms with van der Waals surface area (Å²) in [6.45, 7) is 1.63. The number of para-hydroxylation sites is 1. The van der Waals surface area contributed by atoms with Crippen LogP contribution in [0.2, 0.25) is 0 Å². The summed E-state index contributed by atoms with van der Waals surface area (Å²) < 4.78 is 28.6. The van der Waals surface area contributed by atoms with Crippen LogP contribution in [-0.4, -0.2) is 21.2 Å². The summed E-state index contributed by atoms with van der Waals surface area (Å²) in [6.07, 6.45) is 2.83. The number of benzene rings is 2. The molecule has 1 aromatic heterocycles. The van der Waals surface area contributed by atoms with E-state index < -0.39 is 23.1 Å². The smallest absolute Gasteiger partial charge is 0.287 e. The second-order valence-electron chi connectivity index (χ2n) is 5.66. The van der Waals surface area contributed by atoms with Crippen molar-refractivity contribution in [2.75, 3.05) is 11.1 Å². The molecule has 0 bridgehead atoms. The van der Waals surface area contributed by atoms with Gasteiger partial charge in [-0.2, -0.15) is 0 Å². The Balaban J connectivity index is 1.74. The molecule has 1 N–H and O–H groups in total. The van der Waals surface area contributed by atoms with Crippen LogP contribution in [0.5, 0.6) is 0 Å². The van der Waals surface area contributed by atoms with Crippen LogP contribution in [0, 0.1) is 18.6 Å². The first kappa shape index (κ1) is 18.8. The van der Waals surface area contributed by atoms with Gasteiger partial charge in [0.15, 0.2) is 5.03 Å². The van der Waals surface area contributed by atoms with Gasteiger partial charge in [-0.25, -0.2) is 13.8 Å². The van der Waals surface area contributed by atoms with Crippen molar-refractivity contribution in [2.45, 2.75) is 11.9 Å². The van der Waals surface area contributed by atoms with E-state index in [1.807, 2.05) is 0 Å². The summed E-state index contributed by atoms with van der Waals surface area (Å²) in [5.41, 5.74) is 0.435. The zero-order valence-electron chi connectivity index (χ0n) is 14.3. The number of rotatable bonds is 5. The Bertz CT molecular complexity index is 1050. The average molecular weight is 387 g/mol. The van der Waals surface area contributed by atoms with Crippen molar-refractivity contribution >= 4 is 23.4 Å². The lowest BCUT2D eigenvalue weighted by Crippen LogP contribution is -2.22. The number of aromatic nitrogens is 2. The van der Waals surface area contributed by atoms with Crippen molar-refractivity contribution < 1.29 is 13.6 Å². The SMILES string of the molecule is Cc1ccc(-n2ccnc(SCC(=O)Nc3ccccc3F)c2=O)cc1F. The Morgan fingerprint density at radius 3 is 2.70 bits per heavy atom. The minimum atomic E-state index is -0.544. The van der Waals surface area contributed by atoms with E-state index in [0.717, 1.165) is 11.8 Å². The molecule has 1 heterocycles. The van der Waals surface area contributed by atoms with Crippen molar-refractivity contribution in [3.05, 3.63) is 82.4 Å². The van der Waals surface area contributed by atoms with E-state index in [1.165, 1.54) is 41.2 Å². The van der Waals surface area contributed by atoms with Gasteiger partial charge in [-0.1, -0.05) is 30.0 Å². The number of hydrogen-bond donors (Lipinski definition) is 1. The van der Waals surface area contributed by atoms with Crippen molar-refractivity contribution in [3.8, 4) is 5.69 Å². The number of anilines is 1. The van der Waals surface area contributed by atoms with Crippen LogP contribution in [0.15, 0.2) is 64.7 Å². The minimum Gasteiger partial charge on any atom is -0.323 e. The third-order valence-electron chi connectivity index (χ3n) is 3.73. The molecule has 0 spiro atoms. The number of nitrogens with zero attached hydrogens (tertiary/aromatic N) is 2. The van der Waals surface area contributed by atoms with Gasteiger partial charge < -0.3 is 5.32 Å². The lowest BCUT2D eigenvalue weighted by molar-refractivity contribution is -0.113. The Hall–Kier alpha value is -3.00. The molecule has 0 saturated carbocycles. The fraction of sp³-hybridized carbons (Fsp3) is 0.105. The normalized spacial score (nSPS) is 10.6. The first-order chi connectivity index (χ1) is 13.0. The molecular formula is C19H15F2N3O2S. The summed E-state index contributed by atoms with van der Waals surface area (Å²) in [5, 5.41) is 2.52. The number of amides is 1. The molecule has 0 aliphatic heterocycles. The summed E-state index contributed by atoms with van der Waals surface area (Å²) in [5.74, 6) is -1.56. The highest BCUT2D eigenvalue weighted by molar-refractivity contribution is 7.99. The van der Waals surface area contributed by atoms with Crippen molar-refractivity contribution in [1.29, 1.82) is 0 Å². The van der Waals surface area contributed by atoms with Crippen LogP contribution in [-0.2, 0) is 4.79 Å². The van der Waals surface area contributed by atoms with E-state index in [1.54, 1.807) is 25.1 Å². The van der Waals surface area contributed by atoms with Gasteiger partial charge in [0.1, 0.15) is 11.6 Å². The molecule has 2 aromatic carbocycles. The van der Waals surface area contributed by atoms with Crippen molar-refractivity contribution in [2.24, 2.45) is 0 Å².